The zero-order valence-electron chi connectivity index (χ0n) is 16.7. The number of hydrogen-bond donors (Lipinski definition) is 1. The summed E-state index contributed by atoms with van der Waals surface area (Å²) in [6.45, 7) is 2.50. The summed E-state index contributed by atoms with van der Waals surface area (Å²) in [7, 11) is 0. The van der Waals surface area contributed by atoms with Crippen LogP contribution in [-0.4, -0.2) is 23.0 Å². The van der Waals surface area contributed by atoms with E-state index >= 15 is 0 Å². The molecule has 0 saturated heterocycles. The van der Waals surface area contributed by atoms with Crippen molar-refractivity contribution in [1.29, 1.82) is 0 Å². The first-order valence-corrected chi connectivity index (χ1v) is 9.17. The van der Waals surface area contributed by atoms with Gasteiger partial charge in [0, 0.05) is 35.3 Å². The fourth-order valence-corrected chi connectivity index (χ4v) is 3.43. The molecule has 1 amide bonds. The van der Waals surface area contributed by atoms with E-state index in [0.717, 1.165) is 0 Å². The summed E-state index contributed by atoms with van der Waals surface area (Å²) in [6.07, 6.45) is -4.24. The van der Waals surface area contributed by atoms with Crippen molar-refractivity contribution in [1.82, 2.24) is 4.98 Å². The number of alkyl halides is 6. The summed E-state index contributed by atoms with van der Waals surface area (Å²) < 4.78 is 82.0. The summed E-state index contributed by atoms with van der Waals surface area (Å²) >= 11 is 0. The molecule has 3 rings (SSSR count). The molecule has 0 bridgehead atoms. The number of nitrogens with zero attached hydrogens (tertiary/aromatic N) is 1. The number of carbonyl (C=O) groups is 1. The van der Waals surface area contributed by atoms with Gasteiger partial charge in [0.05, 0.1) is 5.52 Å². The van der Waals surface area contributed by atoms with Gasteiger partial charge in [0.25, 0.3) is 17.5 Å². The Bertz CT molecular complexity index is 1110. The molecule has 0 spiro atoms. The molecule has 31 heavy (non-hydrogen) atoms. The van der Waals surface area contributed by atoms with E-state index in [9.17, 15) is 31.1 Å². The van der Waals surface area contributed by atoms with Crippen molar-refractivity contribution in [3.8, 4) is 0 Å². The second-order valence-electron chi connectivity index (χ2n) is 7.39. The highest BCUT2D eigenvalue weighted by Crippen LogP contribution is 2.53. The van der Waals surface area contributed by atoms with Crippen LogP contribution in [0, 0.1) is 13.8 Å². The van der Waals surface area contributed by atoms with Crippen molar-refractivity contribution in [2.24, 2.45) is 0 Å². The fraction of sp³-hybridized carbons (Fsp3) is 0.273. The Morgan fingerprint density at radius 2 is 1.55 bits per heavy atom. The molecule has 1 atom stereocenters. The number of halogens is 6. The lowest BCUT2D eigenvalue weighted by Gasteiger charge is -2.34. The monoisotopic (exact) mass is 440 g/mol. The first-order chi connectivity index (χ1) is 14.3. The van der Waals surface area contributed by atoms with Gasteiger partial charge in [0.1, 0.15) is 0 Å². The van der Waals surface area contributed by atoms with Gasteiger partial charge >= 0.3 is 6.18 Å². The summed E-state index contributed by atoms with van der Waals surface area (Å²) in [5, 5.41) is 3.27. The molecule has 1 aromatic heterocycles. The Hall–Kier alpha value is -3.10. The van der Waals surface area contributed by atoms with Gasteiger partial charge in [-0.05, 0) is 49.2 Å². The largest absolute Gasteiger partial charge is 0.432 e. The normalized spacial score (nSPS) is 14.4. The average Bonchev–Trinajstić information content (AvgIpc) is 2.67. The number of aromatic nitrogens is 1. The van der Waals surface area contributed by atoms with Crippen LogP contribution < -0.4 is 5.32 Å². The van der Waals surface area contributed by atoms with E-state index in [1.807, 2.05) is 0 Å². The smallest absolute Gasteiger partial charge is 0.322 e. The van der Waals surface area contributed by atoms with Gasteiger partial charge < -0.3 is 5.32 Å². The van der Waals surface area contributed by atoms with Crippen LogP contribution >= 0.6 is 0 Å². The highest BCUT2D eigenvalue weighted by Gasteiger charge is 2.70. The maximum atomic E-state index is 14.7. The molecule has 164 valence electrons. The van der Waals surface area contributed by atoms with Gasteiger partial charge in [-0.2, -0.15) is 13.2 Å². The molecule has 0 aliphatic heterocycles. The molecule has 0 radical (unpaired) electrons. The van der Waals surface area contributed by atoms with Gasteiger partial charge in [-0.3, -0.25) is 9.78 Å². The highest BCUT2D eigenvalue weighted by atomic mass is 19.4. The van der Waals surface area contributed by atoms with Crippen LogP contribution in [0.3, 0.4) is 0 Å². The van der Waals surface area contributed by atoms with Crippen LogP contribution in [0.5, 0.6) is 0 Å². The Balaban J connectivity index is 1.99. The number of amides is 1. The van der Waals surface area contributed by atoms with Crippen molar-refractivity contribution in [2.75, 3.05) is 5.32 Å². The first-order valence-electron chi connectivity index (χ1n) is 9.17. The molecule has 0 aliphatic carbocycles. The van der Waals surface area contributed by atoms with Crippen molar-refractivity contribution in [3.05, 3.63) is 70.9 Å². The lowest BCUT2D eigenvalue weighted by Crippen LogP contribution is -2.51. The Kier molecular flexibility index (Phi) is 5.50. The molecule has 9 heteroatoms. The van der Waals surface area contributed by atoms with E-state index in [0.29, 0.717) is 23.0 Å². The van der Waals surface area contributed by atoms with Crippen molar-refractivity contribution in [2.45, 2.75) is 38.5 Å². The number of hydrogen-bond acceptors (Lipinski definition) is 2. The standard InChI is InChI=1S/C22H18F6N2O/c1-12-9-16(21(25,20(3,23)24)22(26,27)28)10-13(2)18(12)30-19(31)15-6-7-17-14(11-15)5-4-8-29-17/h4-11H,1-3H3,(H,30,31). The second kappa shape index (κ2) is 7.55. The van der Waals surface area contributed by atoms with Gasteiger partial charge in [-0.15, -0.1) is 0 Å². The van der Waals surface area contributed by atoms with E-state index in [2.05, 4.69) is 10.3 Å². The van der Waals surface area contributed by atoms with E-state index < -0.39 is 29.2 Å². The minimum absolute atomic E-state index is 0.0151. The van der Waals surface area contributed by atoms with Gasteiger partial charge in [-0.25, -0.2) is 13.2 Å². The third-order valence-electron chi connectivity index (χ3n) is 5.03. The van der Waals surface area contributed by atoms with Gasteiger partial charge in [0.2, 0.25) is 0 Å². The van der Waals surface area contributed by atoms with E-state index in [-0.39, 0.29) is 29.3 Å². The number of benzene rings is 2. The molecule has 1 heterocycles. The molecule has 1 unspecified atom stereocenters. The molecule has 3 aromatic rings. The molecule has 2 aromatic carbocycles. The number of carbonyl (C=O) groups excluding carboxylic acids is 1. The fourth-order valence-electron chi connectivity index (χ4n) is 3.43. The quantitative estimate of drug-likeness (QED) is 0.472. The van der Waals surface area contributed by atoms with E-state index in [1.54, 1.807) is 30.5 Å². The Labute approximate surface area is 174 Å². The molecular weight excluding hydrogens is 422 g/mol. The summed E-state index contributed by atoms with van der Waals surface area (Å²) in [6, 6.07) is 9.56. The number of fused-ring (bicyclic) bond motifs is 1. The predicted molar refractivity (Wildman–Crippen MR) is 105 cm³/mol. The number of nitrogens with one attached hydrogen (secondary N) is 1. The third-order valence-corrected chi connectivity index (χ3v) is 5.03. The van der Waals surface area contributed by atoms with Crippen molar-refractivity contribution < 1.29 is 31.1 Å². The minimum atomic E-state index is -5.84. The maximum absolute atomic E-state index is 14.7. The van der Waals surface area contributed by atoms with Crippen LogP contribution in [0.2, 0.25) is 0 Å². The number of aryl methyl sites for hydroxylation is 2. The van der Waals surface area contributed by atoms with Crippen LogP contribution in [0.15, 0.2) is 48.7 Å². The van der Waals surface area contributed by atoms with Crippen LogP contribution in [0.4, 0.5) is 32.0 Å². The molecule has 0 saturated carbocycles. The minimum Gasteiger partial charge on any atom is -0.322 e. The summed E-state index contributed by atoms with van der Waals surface area (Å²) in [4.78, 5) is 16.8. The third kappa shape index (κ3) is 3.96. The summed E-state index contributed by atoms with van der Waals surface area (Å²) in [5.41, 5.74) is -5.02. The predicted octanol–water partition coefficient (Wildman–Crippen LogP) is 6.49. The Morgan fingerprint density at radius 1 is 0.935 bits per heavy atom. The lowest BCUT2D eigenvalue weighted by atomic mass is 9.86. The van der Waals surface area contributed by atoms with E-state index in [4.69, 9.17) is 0 Å². The zero-order valence-corrected chi connectivity index (χ0v) is 16.7. The van der Waals surface area contributed by atoms with Crippen LogP contribution in [0.1, 0.15) is 34.0 Å². The van der Waals surface area contributed by atoms with Crippen LogP contribution in [-0.2, 0) is 5.67 Å². The maximum Gasteiger partial charge on any atom is 0.432 e. The number of pyridine rings is 1. The van der Waals surface area contributed by atoms with Gasteiger partial charge in [-0.1, -0.05) is 18.2 Å². The second-order valence-corrected chi connectivity index (χ2v) is 7.39. The molecule has 3 nitrogen and oxygen atoms in total. The molecule has 0 fully saturated rings. The average molecular weight is 440 g/mol. The van der Waals surface area contributed by atoms with Crippen molar-refractivity contribution in [3.63, 3.8) is 0 Å². The molecule has 1 N–H and O–H groups in total. The van der Waals surface area contributed by atoms with E-state index in [1.165, 1.54) is 19.9 Å². The highest BCUT2D eigenvalue weighted by molar-refractivity contribution is 6.06. The topological polar surface area (TPSA) is 42.0 Å². The Morgan fingerprint density at radius 3 is 2.10 bits per heavy atom. The van der Waals surface area contributed by atoms with Crippen LogP contribution in [0.25, 0.3) is 10.9 Å². The van der Waals surface area contributed by atoms with Gasteiger partial charge in [0.15, 0.2) is 0 Å². The zero-order chi connectivity index (χ0) is 23.2. The molecule has 0 aliphatic rings. The lowest BCUT2D eigenvalue weighted by molar-refractivity contribution is -0.304. The first kappa shape index (κ1) is 22.6. The SMILES string of the molecule is Cc1cc(C(F)(C(C)(F)F)C(F)(F)F)cc(C)c1NC(=O)c1ccc2ncccc2c1. The summed E-state index contributed by atoms with van der Waals surface area (Å²) in [5.74, 6) is -5.28. The molecular formula is C22H18F6N2O. The number of rotatable bonds is 4. The number of anilines is 1. The van der Waals surface area contributed by atoms with Crippen molar-refractivity contribution >= 4 is 22.5 Å².